The minimum Gasteiger partial charge on any atom is -0.352 e. The highest BCUT2D eigenvalue weighted by Crippen LogP contribution is 2.09. The van der Waals surface area contributed by atoms with Gasteiger partial charge in [-0.2, -0.15) is 0 Å². The molecular weight excluding hydrogens is 210 g/mol. The molecule has 0 unspecified atom stereocenters. The van der Waals surface area contributed by atoms with Crippen LogP contribution >= 0.6 is 11.6 Å². The zero-order valence-electron chi connectivity index (χ0n) is 9.14. The SMILES string of the molecule is Cc1ccc(C(=O)NCCCCl)cc1C. The predicted molar refractivity (Wildman–Crippen MR) is 63.6 cm³/mol. The number of hydrogen-bond acceptors (Lipinski definition) is 1. The van der Waals surface area contributed by atoms with Crippen LogP contribution in [-0.4, -0.2) is 18.3 Å². The zero-order valence-corrected chi connectivity index (χ0v) is 9.90. The van der Waals surface area contributed by atoms with E-state index < -0.39 is 0 Å². The second-order valence-electron chi connectivity index (χ2n) is 3.60. The molecule has 82 valence electrons. The van der Waals surface area contributed by atoms with E-state index in [1.54, 1.807) is 0 Å². The topological polar surface area (TPSA) is 29.1 Å². The van der Waals surface area contributed by atoms with Crippen molar-refractivity contribution in [2.24, 2.45) is 0 Å². The van der Waals surface area contributed by atoms with Crippen molar-refractivity contribution in [2.75, 3.05) is 12.4 Å². The monoisotopic (exact) mass is 225 g/mol. The Kier molecular flexibility index (Phi) is 4.63. The number of carbonyl (C=O) groups is 1. The van der Waals surface area contributed by atoms with Crippen molar-refractivity contribution in [2.45, 2.75) is 20.3 Å². The van der Waals surface area contributed by atoms with Crippen LogP contribution in [-0.2, 0) is 0 Å². The van der Waals surface area contributed by atoms with E-state index >= 15 is 0 Å². The van der Waals surface area contributed by atoms with Crippen LogP contribution in [0.5, 0.6) is 0 Å². The summed E-state index contributed by atoms with van der Waals surface area (Å²) in [5.74, 6) is 0.552. The highest BCUT2D eigenvalue weighted by Gasteiger charge is 2.05. The molecule has 0 atom stereocenters. The van der Waals surface area contributed by atoms with E-state index in [1.165, 1.54) is 5.56 Å². The fraction of sp³-hybridized carbons (Fsp3) is 0.417. The molecule has 0 saturated carbocycles. The molecule has 0 fully saturated rings. The Morgan fingerprint density at radius 1 is 1.33 bits per heavy atom. The number of carbonyl (C=O) groups excluding carboxylic acids is 1. The Hall–Kier alpha value is -1.02. The Morgan fingerprint density at radius 3 is 2.67 bits per heavy atom. The summed E-state index contributed by atoms with van der Waals surface area (Å²) in [4.78, 5) is 11.6. The maximum absolute atomic E-state index is 11.6. The molecule has 0 bridgehead atoms. The van der Waals surface area contributed by atoms with E-state index in [9.17, 15) is 4.79 Å². The third kappa shape index (κ3) is 3.56. The van der Waals surface area contributed by atoms with E-state index in [0.29, 0.717) is 18.0 Å². The number of benzene rings is 1. The van der Waals surface area contributed by atoms with Gasteiger partial charge in [0.05, 0.1) is 0 Å². The van der Waals surface area contributed by atoms with Crippen molar-refractivity contribution < 1.29 is 4.79 Å². The van der Waals surface area contributed by atoms with Crippen LogP contribution < -0.4 is 5.32 Å². The molecule has 1 aromatic rings. The fourth-order valence-corrected chi connectivity index (χ4v) is 1.39. The first-order valence-electron chi connectivity index (χ1n) is 5.06. The number of amides is 1. The van der Waals surface area contributed by atoms with Crippen LogP contribution in [0.4, 0.5) is 0 Å². The molecule has 1 amide bonds. The van der Waals surface area contributed by atoms with Gasteiger partial charge in [0.2, 0.25) is 0 Å². The van der Waals surface area contributed by atoms with Gasteiger partial charge in [0.15, 0.2) is 0 Å². The molecule has 1 N–H and O–H groups in total. The Bertz CT molecular complexity index is 349. The van der Waals surface area contributed by atoms with Gasteiger partial charge in [-0.25, -0.2) is 0 Å². The van der Waals surface area contributed by atoms with E-state index in [4.69, 9.17) is 11.6 Å². The molecule has 1 rings (SSSR count). The molecule has 0 aliphatic carbocycles. The van der Waals surface area contributed by atoms with Gasteiger partial charge in [-0.3, -0.25) is 4.79 Å². The van der Waals surface area contributed by atoms with Crippen molar-refractivity contribution >= 4 is 17.5 Å². The van der Waals surface area contributed by atoms with Crippen molar-refractivity contribution in [3.8, 4) is 0 Å². The highest BCUT2D eigenvalue weighted by atomic mass is 35.5. The van der Waals surface area contributed by atoms with Crippen molar-refractivity contribution in [1.82, 2.24) is 5.32 Å². The minimum absolute atomic E-state index is 0.0248. The molecule has 15 heavy (non-hydrogen) atoms. The van der Waals surface area contributed by atoms with Gasteiger partial charge in [0, 0.05) is 18.0 Å². The predicted octanol–water partition coefficient (Wildman–Crippen LogP) is 2.66. The number of halogens is 1. The number of aryl methyl sites for hydroxylation is 2. The molecule has 0 aliphatic rings. The summed E-state index contributed by atoms with van der Waals surface area (Å²) in [6.07, 6.45) is 0.804. The molecule has 0 saturated heterocycles. The van der Waals surface area contributed by atoms with Gasteiger partial charge >= 0.3 is 0 Å². The lowest BCUT2D eigenvalue weighted by molar-refractivity contribution is 0.0953. The van der Waals surface area contributed by atoms with Crippen molar-refractivity contribution in [1.29, 1.82) is 0 Å². The van der Waals surface area contributed by atoms with Crippen LogP contribution in [0.15, 0.2) is 18.2 Å². The second kappa shape index (κ2) is 5.76. The van der Waals surface area contributed by atoms with Gasteiger partial charge in [-0.15, -0.1) is 11.6 Å². The lowest BCUT2D eigenvalue weighted by Crippen LogP contribution is -2.24. The summed E-state index contributed by atoms with van der Waals surface area (Å²) in [6, 6.07) is 5.72. The first-order valence-corrected chi connectivity index (χ1v) is 5.60. The summed E-state index contributed by atoms with van der Waals surface area (Å²) < 4.78 is 0. The summed E-state index contributed by atoms with van der Waals surface area (Å²) >= 11 is 5.53. The second-order valence-corrected chi connectivity index (χ2v) is 3.98. The third-order valence-electron chi connectivity index (χ3n) is 2.37. The Labute approximate surface area is 95.6 Å². The number of hydrogen-bond donors (Lipinski definition) is 1. The third-order valence-corrected chi connectivity index (χ3v) is 2.63. The Balaban J connectivity index is 2.62. The lowest BCUT2D eigenvalue weighted by atomic mass is 10.1. The van der Waals surface area contributed by atoms with Gasteiger partial charge in [0.25, 0.3) is 5.91 Å². The van der Waals surface area contributed by atoms with Crippen molar-refractivity contribution in [3.63, 3.8) is 0 Å². The molecule has 2 nitrogen and oxygen atoms in total. The quantitative estimate of drug-likeness (QED) is 0.620. The van der Waals surface area contributed by atoms with Crippen LogP contribution in [0.1, 0.15) is 27.9 Å². The van der Waals surface area contributed by atoms with Gasteiger partial charge in [0.1, 0.15) is 0 Å². The first-order chi connectivity index (χ1) is 7.15. The smallest absolute Gasteiger partial charge is 0.251 e. The largest absolute Gasteiger partial charge is 0.352 e. The summed E-state index contributed by atoms with van der Waals surface area (Å²) in [7, 11) is 0. The van der Waals surface area contributed by atoms with E-state index in [1.807, 2.05) is 32.0 Å². The first kappa shape index (κ1) is 12.1. The van der Waals surface area contributed by atoms with Crippen molar-refractivity contribution in [3.05, 3.63) is 34.9 Å². The number of alkyl halides is 1. The molecule has 0 radical (unpaired) electrons. The van der Waals surface area contributed by atoms with E-state index in [0.717, 1.165) is 12.0 Å². The van der Waals surface area contributed by atoms with E-state index in [-0.39, 0.29) is 5.91 Å². The molecule has 1 aromatic carbocycles. The van der Waals surface area contributed by atoms with E-state index in [2.05, 4.69) is 5.32 Å². The van der Waals surface area contributed by atoms with Crippen LogP contribution in [0.25, 0.3) is 0 Å². The standard InChI is InChI=1S/C12H16ClNO/c1-9-4-5-11(8-10(9)2)12(15)14-7-3-6-13/h4-5,8H,3,6-7H2,1-2H3,(H,14,15). The van der Waals surface area contributed by atoms with Crippen LogP contribution in [0.3, 0.4) is 0 Å². The number of nitrogens with one attached hydrogen (secondary N) is 1. The lowest BCUT2D eigenvalue weighted by Gasteiger charge is -2.06. The normalized spacial score (nSPS) is 10.1. The fourth-order valence-electron chi connectivity index (χ4n) is 1.25. The number of rotatable bonds is 4. The van der Waals surface area contributed by atoms with Crippen LogP contribution in [0.2, 0.25) is 0 Å². The molecule has 0 aromatic heterocycles. The molecular formula is C12H16ClNO. The minimum atomic E-state index is -0.0248. The molecule has 0 spiro atoms. The van der Waals surface area contributed by atoms with Crippen LogP contribution in [0, 0.1) is 13.8 Å². The summed E-state index contributed by atoms with van der Waals surface area (Å²) in [5.41, 5.74) is 3.06. The van der Waals surface area contributed by atoms with Gasteiger partial charge < -0.3 is 5.32 Å². The average Bonchev–Trinajstić information content (AvgIpc) is 2.22. The molecule has 3 heteroatoms. The summed E-state index contributed by atoms with van der Waals surface area (Å²) in [6.45, 7) is 4.67. The molecule has 0 aliphatic heterocycles. The van der Waals surface area contributed by atoms with Gasteiger partial charge in [-0.05, 0) is 43.5 Å². The summed E-state index contributed by atoms with van der Waals surface area (Å²) in [5, 5.41) is 2.82. The maximum atomic E-state index is 11.6. The average molecular weight is 226 g/mol. The Morgan fingerprint density at radius 2 is 2.07 bits per heavy atom. The highest BCUT2D eigenvalue weighted by molar-refractivity contribution is 6.17. The van der Waals surface area contributed by atoms with Gasteiger partial charge in [-0.1, -0.05) is 6.07 Å². The zero-order chi connectivity index (χ0) is 11.3. The maximum Gasteiger partial charge on any atom is 0.251 e. The molecule has 0 heterocycles.